The van der Waals surface area contributed by atoms with E-state index in [1.807, 2.05) is 44.2 Å². The fourth-order valence-corrected chi connectivity index (χ4v) is 5.99. The lowest BCUT2D eigenvalue weighted by Gasteiger charge is -2.47. The van der Waals surface area contributed by atoms with Crippen LogP contribution in [0.1, 0.15) is 63.3 Å². The average Bonchev–Trinajstić information content (AvgIpc) is 2.94. The number of hydrogen-bond acceptors (Lipinski definition) is 7. The third-order valence-electron chi connectivity index (χ3n) is 8.01. The Morgan fingerprint density at radius 1 is 1.02 bits per heavy atom. The fraction of sp³-hybridized carbons (Fsp3) is 0.562. The van der Waals surface area contributed by atoms with Crippen molar-refractivity contribution in [3.8, 4) is 11.5 Å². The molecule has 8 heteroatoms. The van der Waals surface area contributed by atoms with Crippen LogP contribution in [0, 0.1) is 17.8 Å². The number of methoxy groups -OCH3 is 2. The van der Waals surface area contributed by atoms with E-state index in [0.717, 1.165) is 37.2 Å². The van der Waals surface area contributed by atoms with Crippen LogP contribution in [0.2, 0.25) is 0 Å². The molecule has 1 fully saturated rings. The third-order valence-corrected chi connectivity index (χ3v) is 8.01. The van der Waals surface area contributed by atoms with E-state index < -0.39 is 18.1 Å². The van der Waals surface area contributed by atoms with Gasteiger partial charge in [-0.2, -0.15) is 0 Å². The number of alkyl carbamates (subject to hydrolysis) is 1. The second-order valence-corrected chi connectivity index (χ2v) is 11.7. The Bertz CT molecular complexity index is 1150. The molecule has 2 aromatic carbocycles. The van der Waals surface area contributed by atoms with Gasteiger partial charge in [0.25, 0.3) is 0 Å². The van der Waals surface area contributed by atoms with Crippen molar-refractivity contribution >= 4 is 12.1 Å². The van der Waals surface area contributed by atoms with Gasteiger partial charge >= 0.3 is 12.1 Å². The van der Waals surface area contributed by atoms with Gasteiger partial charge in [0.1, 0.15) is 18.8 Å². The number of rotatable bonds is 10. The molecule has 4 atom stereocenters. The molecule has 0 aliphatic carbocycles. The molecule has 8 nitrogen and oxygen atoms in total. The first-order valence-electron chi connectivity index (χ1n) is 14.4. The summed E-state index contributed by atoms with van der Waals surface area (Å²) >= 11 is 0. The molecule has 0 bridgehead atoms. The number of ether oxygens (including phenoxy) is 4. The van der Waals surface area contributed by atoms with E-state index in [-0.39, 0.29) is 30.6 Å². The van der Waals surface area contributed by atoms with Crippen LogP contribution in [0.4, 0.5) is 4.79 Å². The van der Waals surface area contributed by atoms with Crippen molar-refractivity contribution in [1.29, 1.82) is 0 Å². The highest BCUT2D eigenvalue weighted by Crippen LogP contribution is 2.44. The minimum atomic E-state index is -0.802. The standard InChI is InChI=1S/C32H44N2O6/c1-20(2)14-24-18-34-13-12-23-15-28(37-5)29(38-6)16-25(23)26(34)17-27(24)40-31(35)30(21(3)4)33-32(36)39-19-22-10-8-7-9-11-22/h7-11,15-16,20-21,24,26-27,30H,12-14,17-19H2,1-6H3,(H,33,36)/t24-,26-,27-,30+/m1/s1. The zero-order valence-electron chi connectivity index (χ0n) is 24.6. The number of nitrogens with zero attached hydrogens (tertiary/aromatic N) is 1. The molecular weight excluding hydrogens is 508 g/mol. The number of hydrogen-bond donors (Lipinski definition) is 1. The van der Waals surface area contributed by atoms with Crippen LogP contribution in [0.25, 0.3) is 0 Å². The molecule has 0 radical (unpaired) electrons. The number of nitrogens with one attached hydrogen (secondary N) is 1. The summed E-state index contributed by atoms with van der Waals surface area (Å²) in [6, 6.07) is 12.9. The number of piperidine rings is 1. The first kappa shape index (κ1) is 29.7. The fourth-order valence-electron chi connectivity index (χ4n) is 5.99. The second-order valence-electron chi connectivity index (χ2n) is 11.7. The molecule has 2 aliphatic rings. The Hall–Kier alpha value is -3.26. The maximum atomic E-state index is 13.5. The lowest BCUT2D eigenvalue weighted by molar-refractivity contribution is -0.161. The second kappa shape index (κ2) is 13.4. The van der Waals surface area contributed by atoms with Gasteiger partial charge in [0.15, 0.2) is 11.5 Å². The van der Waals surface area contributed by atoms with E-state index in [9.17, 15) is 9.59 Å². The van der Waals surface area contributed by atoms with Gasteiger partial charge in [-0.3, -0.25) is 4.90 Å². The lowest BCUT2D eigenvalue weighted by Crippen LogP contribution is -2.52. The average molecular weight is 553 g/mol. The molecule has 0 unspecified atom stereocenters. The van der Waals surface area contributed by atoms with Crippen molar-refractivity contribution in [3.63, 3.8) is 0 Å². The van der Waals surface area contributed by atoms with E-state index in [1.165, 1.54) is 11.1 Å². The smallest absolute Gasteiger partial charge is 0.408 e. The van der Waals surface area contributed by atoms with Crippen LogP contribution < -0.4 is 14.8 Å². The molecule has 2 heterocycles. The summed E-state index contributed by atoms with van der Waals surface area (Å²) in [5.41, 5.74) is 3.33. The highest BCUT2D eigenvalue weighted by atomic mass is 16.6. The zero-order valence-corrected chi connectivity index (χ0v) is 24.6. The normalized spacial score (nSPS) is 21.2. The van der Waals surface area contributed by atoms with Crippen molar-refractivity contribution in [2.24, 2.45) is 17.8 Å². The molecule has 0 saturated carbocycles. The van der Waals surface area contributed by atoms with Crippen LogP contribution in [0.3, 0.4) is 0 Å². The minimum Gasteiger partial charge on any atom is -0.493 e. The van der Waals surface area contributed by atoms with Gasteiger partial charge in [-0.15, -0.1) is 0 Å². The van der Waals surface area contributed by atoms with Gasteiger partial charge in [0, 0.05) is 31.5 Å². The zero-order chi connectivity index (χ0) is 28.8. The van der Waals surface area contributed by atoms with Crippen LogP contribution in [-0.4, -0.2) is 56.4 Å². The van der Waals surface area contributed by atoms with Crippen molar-refractivity contribution in [2.45, 2.75) is 71.8 Å². The maximum absolute atomic E-state index is 13.5. The molecule has 218 valence electrons. The highest BCUT2D eigenvalue weighted by molar-refractivity contribution is 5.81. The first-order valence-corrected chi connectivity index (χ1v) is 14.4. The molecule has 2 aromatic rings. The summed E-state index contributed by atoms with van der Waals surface area (Å²) in [6.45, 7) is 10.1. The third kappa shape index (κ3) is 7.08. The van der Waals surface area contributed by atoms with Crippen LogP contribution in [0.15, 0.2) is 42.5 Å². The Labute approximate surface area is 238 Å². The maximum Gasteiger partial charge on any atom is 0.408 e. The van der Waals surface area contributed by atoms with Gasteiger partial charge in [0.2, 0.25) is 0 Å². The van der Waals surface area contributed by atoms with Gasteiger partial charge in [-0.1, -0.05) is 58.0 Å². The Kier molecular flexibility index (Phi) is 9.95. The van der Waals surface area contributed by atoms with Crippen molar-refractivity contribution in [2.75, 3.05) is 27.3 Å². The summed E-state index contributed by atoms with van der Waals surface area (Å²) in [7, 11) is 3.31. The van der Waals surface area contributed by atoms with Crippen LogP contribution in [-0.2, 0) is 27.3 Å². The Morgan fingerprint density at radius 2 is 1.73 bits per heavy atom. The largest absolute Gasteiger partial charge is 0.493 e. The summed E-state index contributed by atoms with van der Waals surface area (Å²) < 4.78 is 22.8. The van der Waals surface area contributed by atoms with Crippen molar-refractivity contribution < 1.29 is 28.5 Å². The number of benzene rings is 2. The molecule has 0 spiro atoms. The summed E-state index contributed by atoms with van der Waals surface area (Å²) in [4.78, 5) is 28.7. The Balaban J connectivity index is 1.49. The topological polar surface area (TPSA) is 86.3 Å². The van der Waals surface area contributed by atoms with Crippen molar-refractivity contribution in [1.82, 2.24) is 10.2 Å². The van der Waals surface area contributed by atoms with E-state index in [1.54, 1.807) is 14.2 Å². The highest BCUT2D eigenvalue weighted by Gasteiger charge is 2.42. The van der Waals surface area contributed by atoms with Crippen LogP contribution >= 0.6 is 0 Å². The molecule has 40 heavy (non-hydrogen) atoms. The molecule has 0 aromatic heterocycles. The number of esters is 1. The van der Waals surface area contributed by atoms with E-state index in [4.69, 9.17) is 18.9 Å². The van der Waals surface area contributed by atoms with E-state index in [0.29, 0.717) is 18.1 Å². The molecular formula is C32H44N2O6. The van der Waals surface area contributed by atoms with Gasteiger partial charge in [-0.25, -0.2) is 9.59 Å². The summed E-state index contributed by atoms with van der Waals surface area (Å²) in [6.07, 6.45) is 1.69. The predicted octanol–water partition coefficient (Wildman–Crippen LogP) is 5.53. The molecule has 2 aliphatic heterocycles. The van der Waals surface area contributed by atoms with Crippen LogP contribution in [0.5, 0.6) is 11.5 Å². The molecule has 1 N–H and O–H groups in total. The van der Waals surface area contributed by atoms with Gasteiger partial charge < -0.3 is 24.3 Å². The monoisotopic (exact) mass is 552 g/mol. The molecule has 1 saturated heterocycles. The van der Waals surface area contributed by atoms with Gasteiger partial charge in [-0.05, 0) is 53.5 Å². The number of fused-ring (bicyclic) bond motifs is 3. The predicted molar refractivity (Wildman–Crippen MR) is 153 cm³/mol. The van der Waals surface area contributed by atoms with Gasteiger partial charge in [0.05, 0.1) is 14.2 Å². The number of amides is 1. The Morgan fingerprint density at radius 3 is 2.38 bits per heavy atom. The van der Waals surface area contributed by atoms with E-state index >= 15 is 0 Å². The number of carbonyl (C=O) groups excluding carboxylic acids is 2. The first-order chi connectivity index (χ1) is 19.2. The summed E-state index contributed by atoms with van der Waals surface area (Å²) in [5.74, 6) is 1.54. The van der Waals surface area contributed by atoms with Crippen molar-refractivity contribution in [3.05, 3.63) is 59.2 Å². The SMILES string of the molecule is COc1cc2c(cc1OC)[C@H]1C[C@@H](OC(=O)[C@@H](NC(=O)OCc3ccccc3)C(C)C)[C@H](CC(C)C)CN1CC2. The lowest BCUT2D eigenvalue weighted by atomic mass is 9.79. The minimum absolute atomic E-state index is 0.117. The number of carbonyl (C=O) groups is 2. The summed E-state index contributed by atoms with van der Waals surface area (Å²) in [5, 5.41) is 2.75. The molecule has 1 amide bonds. The quantitative estimate of drug-likeness (QED) is 0.388. The van der Waals surface area contributed by atoms with E-state index in [2.05, 4.69) is 36.2 Å². The molecule has 4 rings (SSSR count).